The number of rotatable bonds is 5. The molecular weight excluding hydrogens is 346 g/mol. The first-order valence-corrected chi connectivity index (χ1v) is 9.40. The summed E-state index contributed by atoms with van der Waals surface area (Å²) in [6.07, 6.45) is 5.31. The fourth-order valence-electron chi connectivity index (χ4n) is 3.24. The summed E-state index contributed by atoms with van der Waals surface area (Å²) in [5, 5.41) is 4.31. The van der Waals surface area contributed by atoms with E-state index in [1.54, 1.807) is 30.3 Å². The van der Waals surface area contributed by atoms with Gasteiger partial charge in [0.1, 0.15) is 0 Å². The van der Waals surface area contributed by atoms with E-state index in [9.17, 15) is 4.79 Å². The molecule has 0 N–H and O–H groups in total. The average molecular weight is 367 g/mol. The molecule has 0 amide bonds. The van der Waals surface area contributed by atoms with Gasteiger partial charge in [0.2, 0.25) is 0 Å². The number of fused-ring (bicyclic) bond motifs is 1. The van der Waals surface area contributed by atoms with Gasteiger partial charge in [-0.1, -0.05) is 65.3 Å². The van der Waals surface area contributed by atoms with Crippen molar-refractivity contribution in [2.24, 2.45) is 5.16 Å². The Hall–Kier alpha value is -3.46. The molecule has 3 aromatic rings. The highest BCUT2D eigenvalue weighted by Crippen LogP contribution is 2.23. The van der Waals surface area contributed by atoms with Crippen LogP contribution in [0, 0.1) is 6.92 Å². The third kappa shape index (κ3) is 4.09. The van der Waals surface area contributed by atoms with Crippen molar-refractivity contribution in [2.75, 3.05) is 0 Å². The second-order valence-corrected chi connectivity index (χ2v) is 6.92. The summed E-state index contributed by atoms with van der Waals surface area (Å²) in [6.45, 7) is 2.04. The minimum absolute atomic E-state index is 0.0387. The Kier molecular flexibility index (Phi) is 5.16. The molecule has 138 valence electrons. The number of carbonyl (C=O) groups is 1. The summed E-state index contributed by atoms with van der Waals surface area (Å²) in [6, 6.07) is 23.4. The standard InChI is InChI=1S/C25H21NO2/c1-18-6-8-19(9-7-18)10-17-25(27)21-11-14-22(15-12-21)28-26-24-16-13-20-4-2-3-5-23(20)24/h2-12,14-15,17H,13,16H2,1H3/b17-10+,26-24+. The van der Waals surface area contributed by atoms with Crippen molar-refractivity contribution in [3.63, 3.8) is 0 Å². The first kappa shape index (κ1) is 17.9. The first-order valence-electron chi connectivity index (χ1n) is 9.40. The summed E-state index contributed by atoms with van der Waals surface area (Å²) in [7, 11) is 0. The molecule has 0 saturated carbocycles. The van der Waals surface area contributed by atoms with Gasteiger partial charge in [0.25, 0.3) is 0 Å². The lowest BCUT2D eigenvalue weighted by Gasteiger charge is -2.03. The van der Waals surface area contributed by atoms with Crippen molar-refractivity contribution in [1.82, 2.24) is 0 Å². The van der Waals surface area contributed by atoms with Gasteiger partial charge in [-0.15, -0.1) is 0 Å². The number of nitrogens with zero attached hydrogens (tertiary/aromatic N) is 1. The Morgan fingerprint density at radius 2 is 1.68 bits per heavy atom. The van der Waals surface area contributed by atoms with Crippen molar-refractivity contribution in [1.29, 1.82) is 0 Å². The third-order valence-electron chi connectivity index (χ3n) is 4.86. The number of hydrogen-bond acceptors (Lipinski definition) is 3. The molecule has 0 bridgehead atoms. The van der Waals surface area contributed by atoms with Gasteiger partial charge in [0.15, 0.2) is 11.5 Å². The number of oxime groups is 1. The van der Waals surface area contributed by atoms with Gasteiger partial charge < -0.3 is 4.84 Å². The van der Waals surface area contributed by atoms with Crippen molar-refractivity contribution in [3.8, 4) is 5.75 Å². The smallest absolute Gasteiger partial charge is 0.185 e. The van der Waals surface area contributed by atoms with Crippen molar-refractivity contribution in [3.05, 3.63) is 107 Å². The van der Waals surface area contributed by atoms with Crippen LogP contribution in [-0.2, 0) is 6.42 Å². The molecule has 0 radical (unpaired) electrons. The number of allylic oxidation sites excluding steroid dienone is 1. The molecule has 3 aromatic carbocycles. The molecule has 0 unspecified atom stereocenters. The van der Waals surface area contributed by atoms with Crippen LogP contribution in [0.1, 0.15) is 39.0 Å². The van der Waals surface area contributed by atoms with E-state index >= 15 is 0 Å². The maximum atomic E-state index is 12.3. The maximum absolute atomic E-state index is 12.3. The number of hydrogen-bond donors (Lipinski definition) is 0. The summed E-state index contributed by atoms with van der Waals surface area (Å²) >= 11 is 0. The number of ketones is 1. The van der Waals surface area contributed by atoms with Crippen LogP contribution in [0.5, 0.6) is 5.75 Å². The highest BCUT2D eigenvalue weighted by Gasteiger charge is 2.17. The highest BCUT2D eigenvalue weighted by molar-refractivity contribution is 6.07. The van der Waals surface area contributed by atoms with Crippen LogP contribution in [0.25, 0.3) is 6.08 Å². The highest BCUT2D eigenvalue weighted by atomic mass is 16.6. The van der Waals surface area contributed by atoms with E-state index in [-0.39, 0.29) is 5.78 Å². The fourth-order valence-corrected chi connectivity index (χ4v) is 3.24. The topological polar surface area (TPSA) is 38.7 Å². The predicted molar refractivity (Wildman–Crippen MR) is 113 cm³/mol. The van der Waals surface area contributed by atoms with Crippen LogP contribution in [0.2, 0.25) is 0 Å². The lowest BCUT2D eigenvalue weighted by molar-refractivity contribution is 0.104. The minimum Gasteiger partial charge on any atom is -0.357 e. The van der Waals surface area contributed by atoms with E-state index in [4.69, 9.17) is 4.84 Å². The average Bonchev–Trinajstić information content (AvgIpc) is 3.15. The summed E-state index contributed by atoms with van der Waals surface area (Å²) < 4.78 is 0. The largest absolute Gasteiger partial charge is 0.357 e. The monoisotopic (exact) mass is 367 g/mol. The maximum Gasteiger partial charge on any atom is 0.185 e. The number of benzene rings is 3. The van der Waals surface area contributed by atoms with Crippen LogP contribution in [0.15, 0.2) is 84.0 Å². The molecular formula is C25H21NO2. The Balaban J connectivity index is 1.41. The molecule has 0 saturated heterocycles. The van der Waals surface area contributed by atoms with Crippen LogP contribution < -0.4 is 4.84 Å². The van der Waals surface area contributed by atoms with E-state index in [1.165, 1.54) is 11.1 Å². The van der Waals surface area contributed by atoms with Crippen LogP contribution in [0.3, 0.4) is 0 Å². The quantitative estimate of drug-likeness (QED) is 0.333. The van der Waals surface area contributed by atoms with Crippen molar-refractivity contribution < 1.29 is 9.63 Å². The molecule has 0 aromatic heterocycles. The zero-order valence-electron chi connectivity index (χ0n) is 15.8. The van der Waals surface area contributed by atoms with E-state index in [0.29, 0.717) is 11.3 Å². The van der Waals surface area contributed by atoms with Gasteiger partial charge in [-0.25, -0.2) is 0 Å². The van der Waals surface area contributed by atoms with Gasteiger partial charge in [-0.2, -0.15) is 0 Å². The van der Waals surface area contributed by atoms with Crippen molar-refractivity contribution >= 4 is 17.6 Å². The fraction of sp³-hybridized carbons (Fsp3) is 0.120. The van der Waals surface area contributed by atoms with Crippen LogP contribution in [-0.4, -0.2) is 11.5 Å². The minimum atomic E-state index is -0.0387. The van der Waals surface area contributed by atoms with Gasteiger partial charge in [-0.05, 0) is 61.2 Å². The second kappa shape index (κ2) is 8.05. The Morgan fingerprint density at radius 1 is 0.929 bits per heavy atom. The predicted octanol–water partition coefficient (Wildman–Crippen LogP) is 5.62. The van der Waals surface area contributed by atoms with E-state index in [2.05, 4.69) is 17.3 Å². The summed E-state index contributed by atoms with van der Waals surface area (Å²) in [5.74, 6) is 0.583. The van der Waals surface area contributed by atoms with Gasteiger partial charge in [0.05, 0.1) is 5.71 Å². The molecule has 3 heteroatoms. The molecule has 28 heavy (non-hydrogen) atoms. The molecule has 1 aliphatic carbocycles. The van der Waals surface area contributed by atoms with Gasteiger partial charge >= 0.3 is 0 Å². The van der Waals surface area contributed by atoms with Gasteiger partial charge in [0, 0.05) is 11.1 Å². The molecule has 0 aliphatic heterocycles. The number of carbonyl (C=O) groups excluding carboxylic acids is 1. The normalized spacial score (nSPS) is 14.4. The van der Waals surface area contributed by atoms with E-state index in [0.717, 1.165) is 29.7 Å². The zero-order chi connectivity index (χ0) is 19.3. The molecule has 0 heterocycles. The second-order valence-electron chi connectivity index (χ2n) is 6.92. The molecule has 0 atom stereocenters. The Labute approximate surface area is 165 Å². The molecule has 0 fully saturated rings. The van der Waals surface area contributed by atoms with E-state index in [1.807, 2.05) is 49.4 Å². The van der Waals surface area contributed by atoms with Crippen LogP contribution >= 0.6 is 0 Å². The zero-order valence-corrected chi connectivity index (χ0v) is 15.8. The Bertz CT molecular complexity index is 1040. The number of aryl methyl sites for hydroxylation is 2. The summed E-state index contributed by atoms with van der Waals surface area (Å²) in [4.78, 5) is 17.9. The lowest BCUT2D eigenvalue weighted by Crippen LogP contribution is -1.98. The van der Waals surface area contributed by atoms with Crippen molar-refractivity contribution in [2.45, 2.75) is 19.8 Å². The van der Waals surface area contributed by atoms with E-state index < -0.39 is 0 Å². The lowest BCUT2D eigenvalue weighted by atomic mass is 10.1. The van der Waals surface area contributed by atoms with Crippen LogP contribution in [0.4, 0.5) is 0 Å². The molecule has 4 rings (SSSR count). The Morgan fingerprint density at radius 3 is 2.46 bits per heavy atom. The molecule has 0 spiro atoms. The molecule has 1 aliphatic rings. The third-order valence-corrected chi connectivity index (χ3v) is 4.86. The SMILES string of the molecule is Cc1ccc(/C=C/C(=O)c2ccc(O/N=C3\CCc4ccccc43)cc2)cc1. The first-order chi connectivity index (χ1) is 13.7. The molecule has 3 nitrogen and oxygen atoms in total. The van der Waals surface area contributed by atoms with Gasteiger partial charge in [-0.3, -0.25) is 4.79 Å². The summed E-state index contributed by atoms with van der Waals surface area (Å²) in [5.41, 5.74) is 6.27.